The molecule has 0 aliphatic heterocycles. The summed E-state index contributed by atoms with van der Waals surface area (Å²) in [4.78, 5) is 10.6. The van der Waals surface area contributed by atoms with E-state index in [4.69, 9.17) is 0 Å². The van der Waals surface area contributed by atoms with Gasteiger partial charge in [-0.05, 0) is 36.6 Å². The number of benzene rings is 2. The van der Waals surface area contributed by atoms with Crippen LogP contribution in [0.3, 0.4) is 0 Å². The lowest BCUT2D eigenvalue weighted by atomic mass is 10.1. The standard InChI is InChI=1S/C18H19NO/c1-14-10-11-15(2)18(13-14)19-17(9-6-12-20)16-7-4-3-5-8-16/h3-5,7-13,19H,6H2,1-2H3/b17-9-. The molecule has 2 heteroatoms. The lowest BCUT2D eigenvalue weighted by Crippen LogP contribution is -2.01. The molecule has 1 N–H and O–H groups in total. The van der Waals surface area contributed by atoms with Gasteiger partial charge in [0.1, 0.15) is 6.29 Å². The number of aryl methyl sites for hydroxylation is 2. The molecule has 2 rings (SSSR count). The highest BCUT2D eigenvalue weighted by atomic mass is 16.1. The predicted octanol–water partition coefficient (Wildman–Crippen LogP) is 4.35. The van der Waals surface area contributed by atoms with Gasteiger partial charge in [-0.15, -0.1) is 0 Å². The number of hydrogen-bond donors (Lipinski definition) is 1. The van der Waals surface area contributed by atoms with Crippen LogP contribution in [0.25, 0.3) is 5.70 Å². The zero-order valence-electron chi connectivity index (χ0n) is 11.9. The van der Waals surface area contributed by atoms with E-state index in [1.807, 2.05) is 36.4 Å². The summed E-state index contributed by atoms with van der Waals surface area (Å²) in [7, 11) is 0. The van der Waals surface area contributed by atoms with E-state index in [2.05, 4.69) is 37.4 Å². The van der Waals surface area contributed by atoms with Crippen molar-refractivity contribution in [1.82, 2.24) is 0 Å². The minimum absolute atomic E-state index is 0.405. The van der Waals surface area contributed by atoms with Gasteiger partial charge in [-0.2, -0.15) is 0 Å². The summed E-state index contributed by atoms with van der Waals surface area (Å²) in [6.07, 6.45) is 3.24. The van der Waals surface area contributed by atoms with Crippen LogP contribution in [0.5, 0.6) is 0 Å². The van der Waals surface area contributed by atoms with Crippen molar-refractivity contribution in [3.63, 3.8) is 0 Å². The first-order valence-corrected chi connectivity index (χ1v) is 6.74. The van der Waals surface area contributed by atoms with Crippen LogP contribution in [-0.4, -0.2) is 6.29 Å². The molecule has 0 saturated carbocycles. The zero-order chi connectivity index (χ0) is 14.4. The van der Waals surface area contributed by atoms with Gasteiger partial charge in [0.2, 0.25) is 0 Å². The van der Waals surface area contributed by atoms with Crippen LogP contribution in [0.4, 0.5) is 5.69 Å². The maximum Gasteiger partial charge on any atom is 0.123 e. The van der Waals surface area contributed by atoms with Crippen LogP contribution in [0.1, 0.15) is 23.1 Å². The molecule has 0 aromatic heterocycles. The normalized spacial score (nSPS) is 11.2. The van der Waals surface area contributed by atoms with Crippen molar-refractivity contribution in [1.29, 1.82) is 0 Å². The highest BCUT2D eigenvalue weighted by molar-refractivity contribution is 5.79. The van der Waals surface area contributed by atoms with Gasteiger partial charge in [-0.25, -0.2) is 0 Å². The maximum absolute atomic E-state index is 10.6. The number of hydrogen-bond acceptors (Lipinski definition) is 2. The summed E-state index contributed by atoms with van der Waals surface area (Å²) in [6.45, 7) is 4.14. The first kappa shape index (κ1) is 14.1. The van der Waals surface area contributed by atoms with Crippen molar-refractivity contribution in [2.45, 2.75) is 20.3 Å². The molecule has 0 spiro atoms. The van der Waals surface area contributed by atoms with E-state index in [1.165, 1.54) is 11.1 Å². The minimum Gasteiger partial charge on any atom is -0.355 e. The zero-order valence-corrected chi connectivity index (χ0v) is 11.9. The molecule has 2 aromatic carbocycles. The molecule has 0 fully saturated rings. The van der Waals surface area contributed by atoms with Crippen LogP contribution in [0.2, 0.25) is 0 Å². The van der Waals surface area contributed by atoms with Crippen LogP contribution in [0.15, 0.2) is 54.6 Å². The number of carbonyl (C=O) groups excluding carboxylic acids is 1. The van der Waals surface area contributed by atoms with Gasteiger partial charge in [0.05, 0.1) is 0 Å². The average molecular weight is 265 g/mol. The second-order valence-corrected chi connectivity index (χ2v) is 4.83. The van der Waals surface area contributed by atoms with Gasteiger partial charge >= 0.3 is 0 Å². The minimum atomic E-state index is 0.405. The molecule has 0 aliphatic carbocycles. The lowest BCUT2D eigenvalue weighted by Gasteiger charge is -2.14. The average Bonchev–Trinajstić information content (AvgIpc) is 2.48. The van der Waals surface area contributed by atoms with Gasteiger partial charge in [0, 0.05) is 17.8 Å². The van der Waals surface area contributed by atoms with E-state index in [1.54, 1.807) is 0 Å². The van der Waals surface area contributed by atoms with E-state index >= 15 is 0 Å². The van der Waals surface area contributed by atoms with E-state index in [-0.39, 0.29) is 0 Å². The van der Waals surface area contributed by atoms with Crippen molar-refractivity contribution < 1.29 is 4.79 Å². The van der Waals surface area contributed by atoms with Gasteiger partial charge in [0.15, 0.2) is 0 Å². The van der Waals surface area contributed by atoms with Crippen molar-refractivity contribution in [3.8, 4) is 0 Å². The molecule has 2 nitrogen and oxygen atoms in total. The highest BCUT2D eigenvalue weighted by Crippen LogP contribution is 2.23. The maximum atomic E-state index is 10.6. The molecule has 0 atom stereocenters. The number of anilines is 1. The Morgan fingerprint density at radius 1 is 1.10 bits per heavy atom. The lowest BCUT2D eigenvalue weighted by molar-refractivity contribution is -0.107. The summed E-state index contributed by atoms with van der Waals surface area (Å²) in [5.74, 6) is 0. The summed E-state index contributed by atoms with van der Waals surface area (Å²) in [5.41, 5.74) is 5.51. The Labute approximate surface area is 120 Å². The highest BCUT2D eigenvalue weighted by Gasteiger charge is 2.04. The Bertz CT molecular complexity index is 615. The van der Waals surface area contributed by atoms with E-state index in [9.17, 15) is 4.79 Å². The van der Waals surface area contributed by atoms with Crippen molar-refractivity contribution in [3.05, 3.63) is 71.3 Å². The number of rotatable bonds is 5. The van der Waals surface area contributed by atoms with Gasteiger partial charge in [0.25, 0.3) is 0 Å². The number of nitrogens with one attached hydrogen (secondary N) is 1. The number of allylic oxidation sites excluding steroid dienone is 1. The largest absolute Gasteiger partial charge is 0.355 e. The molecule has 0 aliphatic rings. The van der Waals surface area contributed by atoms with E-state index in [0.717, 1.165) is 23.2 Å². The first-order valence-electron chi connectivity index (χ1n) is 6.74. The van der Waals surface area contributed by atoms with Gasteiger partial charge in [-0.1, -0.05) is 48.5 Å². The Morgan fingerprint density at radius 3 is 2.55 bits per heavy atom. The molecule has 0 unspecified atom stereocenters. The molecule has 0 heterocycles. The second kappa shape index (κ2) is 6.71. The Kier molecular flexibility index (Phi) is 4.72. The SMILES string of the molecule is Cc1ccc(C)c(N/C(=C\CC=O)c2ccccc2)c1. The molecule has 0 amide bonds. The van der Waals surface area contributed by atoms with Crippen molar-refractivity contribution >= 4 is 17.7 Å². The van der Waals surface area contributed by atoms with E-state index in [0.29, 0.717) is 6.42 Å². The molecule has 0 radical (unpaired) electrons. The number of aldehydes is 1. The monoisotopic (exact) mass is 265 g/mol. The third-order valence-corrected chi connectivity index (χ3v) is 3.17. The van der Waals surface area contributed by atoms with Crippen LogP contribution in [0, 0.1) is 13.8 Å². The Morgan fingerprint density at radius 2 is 1.85 bits per heavy atom. The fourth-order valence-electron chi connectivity index (χ4n) is 2.04. The Hall–Kier alpha value is -2.35. The fraction of sp³-hybridized carbons (Fsp3) is 0.167. The summed E-state index contributed by atoms with van der Waals surface area (Å²) in [5, 5.41) is 3.44. The molecule has 20 heavy (non-hydrogen) atoms. The second-order valence-electron chi connectivity index (χ2n) is 4.83. The van der Waals surface area contributed by atoms with Gasteiger partial charge in [-0.3, -0.25) is 0 Å². The molecule has 102 valence electrons. The fourth-order valence-corrected chi connectivity index (χ4v) is 2.04. The van der Waals surface area contributed by atoms with Crippen molar-refractivity contribution in [2.24, 2.45) is 0 Å². The quantitative estimate of drug-likeness (QED) is 0.814. The predicted molar refractivity (Wildman–Crippen MR) is 84.6 cm³/mol. The summed E-state index contributed by atoms with van der Waals surface area (Å²) in [6, 6.07) is 16.4. The Balaban J connectivity index is 2.33. The van der Waals surface area contributed by atoms with E-state index < -0.39 is 0 Å². The van der Waals surface area contributed by atoms with Crippen molar-refractivity contribution in [2.75, 3.05) is 5.32 Å². The third kappa shape index (κ3) is 3.58. The van der Waals surface area contributed by atoms with Crippen LogP contribution >= 0.6 is 0 Å². The third-order valence-electron chi connectivity index (χ3n) is 3.17. The molecule has 0 bridgehead atoms. The smallest absolute Gasteiger partial charge is 0.123 e. The molecule has 0 saturated heterocycles. The molecular formula is C18H19NO. The van der Waals surface area contributed by atoms with Crippen LogP contribution in [-0.2, 0) is 4.79 Å². The summed E-state index contributed by atoms with van der Waals surface area (Å²) < 4.78 is 0. The topological polar surface area (TPSA) is 29.1 Å². The summed E-state index contributed by atoms with van der Waals surface area (Å²) >= 11 is 0. The van der Waals surface area contributed by atoms with Gasteiger partial charge < -0.3 is 10.1 Å². The first-order chi connectivity index (χ1) is 9.70. The molecular weight excluding hydrogens is 246 g/mol. The van der Waals surface area contributed by atoms with Crippen LogP contribution < -0.4 is 5.32 Å². The molecule has 2 aromatic rings. The number of carbonyl (C=O) groups is 1.